The molecule has 2 aromatic heterocycles. The standard InChI is InChI=1S/C14H14N2O4S/c1-7-6-10(9(3)20-7)13(17)16-15-8(2)11-4-5-12(21-11)14(18)19/h4-6H,1-3H3,(H,16,17)(H,18,19)/b15-8-. The second-order valence-electron chi connectivity index (χ2n) is 4.43. The number of aromatic carboxylic acids is 1. The minimum Gasteiger partial charge on any atom is -0.477 e. The first kappa shape index (κ1) is 15.0. The number of rotatable bonds is 4. The van der Waals surface area contributed by atoms with Crippen LogP contribution in [0.3, 0.4) is 0 Å². The average Bonchev–Trinajstić information content (AvgIpc) is 3.02. The van der Waals surface area contributed by atoms with Gasteiger partial charge in [-0.2, -0.15) is 5.10 Å². The van der Waals surface area contributed by atoms with Crippen LogP contribution in [0.25, 0.3) is 0 Å². The van der Waals surface area contributed by atoms with Gasteiger partial charge in [-0.3, -0.25) is 4.79 Å². The summed E-state index contributed by atoms with van der Waals surface area (Å²) in [6, 6.07) is 4.81. The first-order chi connectivity index (χ1) is 9.88. The normalized spacial score (nSPS) is 11.5. The highest BCUT2D eigenvalue weighted by atomic mass is 32.1. The van der Waals surface area contributed by atoms with Gasteiger partial charge in [0.2, 0.25) is 0 Å². The number of thiophene rings is 1. The molecule has 0 aliphatic rings. The van der Waals surface area contributed by atoms with E-state index < -0.39 is 5.97 Å². The molecule has 2 heterocycles. The van der Waals surface area contributed by atoms with Crippen molar-refractivity contribution in [3.8, 4) is 0 Å². The van der Waals surface area contributed by atoms with E-state index in [-0.39, 0.29) is 10.8 Å². The van der Waals surface area contributed by atoms with Crippen LogP contribution in [-0.2, 0) is 0 Å². The maximum Gasteiger partial charge on any atom is 0.345 e. The number of nitrogens with zero attached hydrogens (tertiary/aromatic N) is 1. The molecule has 0 saturated carbocycles. The smallest absolute Gasteiger partial charge is 0.345 e. The average molecular weight is 306 g/mol. The molecule has 0 aliphatic heterocycles. The highest BCUT2D eigenvalue weighted by molar-refractivity contribution is 7.15. The lowest BCUT2D eigenvalue weighted by Crippen LogP contribution is -2.19. The number of carboxylic acid groups (broad SMARTS) is 1. The van der Waals surface area contributed by atoms with Gasteiger partial charge in [-0.15, -0.1) is 11.3 Å². The van der Waals surface area contributed by atoms with E-state index in [1.54, 1.807) is 32.9 Å². The quantitative estimate of drug-likeness (QED) is 0.671. The molecule has 0 bridgehead atoms. The monoisotopic (exact) mass is 306 g/mol. The summed E-state index contributed by atoms with van der Waals surface area (Å²) in [4.78, 5) is 23.7. The van der Waals surface area contributed by atoms with Crippen molar-refractivity contribution in [2.45, 2.75) is 20.8 Å². The molecule has 0 saturated heterocycles. The topological polar surface area (TPSA) is 91.9 Å². The van der Waals surface area contributed by atoms with Crippen LogP contribution in [0, 0.1) is 13.8 Å². The summed E-state index contributed by atoms with van der Waals surface area (Å²) in [5, 5.41) is 12.9. The van der Waals surface area contributed by atoms with Gasteiger partial charge in [-0.25, -0.2) is 10.2 Å². The Kier molecular flexibility index (Phi) is 4.23. The second kappa shape index (κ2) is 5.92. The summed E-state index contributed by atoms with van der Waals surface area (Å²) in [5.41, 5.74) is 3.41. The highest BCUT2D eigenvalue weighted by Gasteiger charge is 2.13. The predicted molar refractivity (Wildman–Crippen MR) is 79.1 cm³/mol. The molecule has 0 unspecified atom stereocenters. The Morgan fingerprint density at radius 3 is 2.48 bits per heavy atom. The number of nitrogens with one attached hydrogen (secondary N) is 1. The number of hydrogen-bond acceptors (Lipinski definition) is 5. The molecule has 6 nitrogen and oxygen atoms in total. The molecule has 0 atom stereocenters. The highest BCUT2D eigenvalue weighted by Crippen LogP contribution is 2.17. The Labute approximate surface area is 125 Å². The Morgan fingerprint density at radius 1 is 1.29 bits per heavy atom. The third-order valence-electron chi connectivity index (χ3n) is 2.78. The predicted octanol–water partition coefficient (Wildman–Crippen LogP) is 2.81. The Bertz CT molecular complexity index is 727. The summed E-state index contributed by atoms with van der Waals surface area (Å²) >= 11 is 1.10. The van der Waals surface area contributed by atoms with E-state index >= 15 is 0 Å². The molecule has 21 heavy (non-hydrogen) atoms. The molecule has 7 heteroatoms. The summed E-state index contributed by atoms with van der Waals surface area (Å²) in [6.45, 7) is 5.17. The van der Waals surface area contributed by atoms with E-state index in [0.29, 0.717) is 27.7 Å². The van der Waals surface area contributed by atoms with E-state index in [1.807, 2.05) is 0 Å². The van der Waals surface area contributed by atoms with Crippen molar-refractivity contribution < 1.29 is 19.1 Å². The first-order valence-electron chi connectivity index (χ1n) is 6.13. The van der Waals surface area contributed by atoms with Gasteiger partial charge in [0.05, 0.1) is 16.2 Å². The van der Waals surface area contributed by atoms with Gasteiger partial charge in [0.15, 0.2) is 0 Å². The number of carbonyl (C=O) groups excluding carboxylic acids is 1. The lowest BCUT2D eigenvalue weighted by Gasteiger charge is -2.00. The van der Waals surface area contributed by atoms with Crippen molar-refractivity contribution in [1.82, 2.24) is 5.43 Å². The lowest BCUT2D eigenvalue weighted by atomic mass is 10.2. The largest absolute Gasteiger partial charge is 0.477 e. The van der Waals surface area contributed by atoms with Crippen molar-refractivity contribution in [3.05, 3.63) is 45.0 Å². The third-order valence-corrected chi connectivity index (χ3v) is 3.97. The minimum absolute atomic E-state index is 0.229. The first-order valence-corrected chi connectivity index (χ1v) is 6.95. The lowest BCUT2D eigenvalue weighted by molar-refractivity contribution is 0.0702. The van der Waals surface area contributed by atoms with Gasteiger partial charge in [0.25, 0.3) is 5.91 Å². The van der Waals surface area contributed by atoms with Crippen molar-refractivity contribution in [3.63, 3.8) is 0 Å². The Morgan fingerprint density at radius 2 is 1.95 bits per heavy atom. The molecule has 2 N–H and O–H groups in total. The van der Waals surface area contributed by atoms with Crippen molar-refractivity contribution in [1.29, 1.82) is 0 Å². The Hall–Kier alpha value is -2.41. The Balaban J connectivity index is 2.10. The SMILES string of the molecule is C/C(=N/NC(=O)c1cc(C)oc1C)c1ccc(C(=O)O)s1. The number of hydrogen-bond donors (Lipinski definition) is 2. The molecule has 0 fully saturated rings. The molecule has 0 aromatic carbocycles. The molecule has 0 radical (unpaired) electrons. The van der Waals surface area contributed by atoms with Gasteiger partial charge in [0.1, 0.15) is 16.4 Å². The van der Waals surface area contributed by atoms with Gasteiger partial charge >= 0.3 is 5.97 Å². The third kappa shape index (κ3) is 3.38. The number of hydrazone groups is 1. The van der Waals surface area contributed by atoms with Crippen LogP contribution in [0.4, 0.5) is 0 Å². The summed E-state index contributed by atoms with van der Waals surface area (Å²) in [6.07, 6.45) is 0. The molecule has 2 aromatic rings. The number of aryl methyl sites for hydroxylation is 2. The van der Waals surface area contributed by atoms with Gasteiger partial charge in [-0.1, -0.05) is 0 Å². The van der Waals surface area contributed by atoms with Crippen LogP contribution >= 0.6 is 11.3 Å². The summed E-state index contributed by atoms with van der Waals surface area (Å²) in [5.74, 6) is -0.156. The summed E-state index contributed by atoms with van der Waals surface area (Å²) in [7, 11) is 0. The van der Waals surface area contributed by atoms with Crippen LogP contribution in [0.2, 0.25) is 0 Å². The van der Waals surface area contributed by atoms with Crippen LogP contribution in [0.5, 0.6) is 0 Å². The van der Waals surface area contributed by atoms with Crippen LogP contribution in [0.15, 0.2) is 27.7 Å². The van der Waals surface area contributed by atoms with Crippen LogP contribution < -0.4 is 5.43 Å². The zero-order valence-electron chi connectivity index (χ0n) is 11.8. The number of carbonyl (C=O) groups is 2. The molecule has 0 aliphatic carbocycles. The number of carboxylic acids is 1. The maximum absolute atomic E-state index is 12.0. The zero-order valence-corrected chi connectivity index (χ0v) is 12.6. The van der Waals surface area contributed by atoms with Gasteiger partial charge in [0, 0.05) is 0 Å². The van der Waals surface area contributed by atoms with Gasteiger partial charge < -0.3 is 9.52 Å². The molecular formula is C14H14N2O4S. The fourth-order valence-electron chi connectivity index (χ4n) is 1.75. The van der Waals surface area contributed by atoms with Crippen molar-refractivity contribution in [2.24, 2.45) is 5.10 Å². The summed E-state index contributed by atoms with van der Waals surface area (Å²) < 4.78 is 5.28. The molecule has 0 spiro atoms. The van der Waals surface area contributed by atoms with Gasteiger partial charge in [-0.05, 0) is 39.0 Å². The maximum atomic E-state index is 12.0. The molecular weight excluding hydrogens is 292 g/mol. The molecule has 110 valence electrons. The van der Waals surface area contributed by atoms with E-state index in [2.05, 4.69) is 10.5 Å². The fourth-order valence-corrected chi connectivity index (χ4v) is 2.54. The minimum atomic E-state index is -0.979. The van der Waals surface area contributed by atoms with E-state index in [9.17, 15) is 9.59 Å². The van der Waals surface area contributed by atoms with Crippen molar-refractivity contribution >= 4 is 28.9 Å². The van der Waals surface area contributed by atoms with Crippen LogP contribution in [0.1, 0.15) is 43.4 Å². The van der Waals surface area contributed by atoms with E-state index in [4.69, 9.17) is 9.52 Å². The number of amides is 1. The molecule has 1 amide bonds. The second-order valence-corrected chi connectivity index (χ2v) is 5.52. The van der Waals surface area contributed by atoms with E-state index in [1.165, 1.54) is 6.07 Å². The number of furan rings is 1. The molecule has 2 rings (SSSR count). The van der Waals surface area contributed by atoms with Crippen LogP contribution in [-0.4, -0.2) is 22.7 Å². The fraction of sp³-hybridized carbons (Fsp3) is 0.214. The van der Waals surface area contributed by atoms with Crippen molar-refractivity contribution in [2.75, 3.05) is 0 Å². The van der Waals surface area contributed by atoms with E-state index in [0.717, 1.165) is 11.3 Å². The zero-order chi connectivity index (χ0) is 15.6.